The molecule has 4 rings (SSSR count). The Hall–Kier alpha value is -2.45. The molecular formula is C16H17N5O2S. The van der Waals surface area contributed by atoms with Gasteiger partial charge in [0.1, 0.15) is 5.82 Å². The first-order chi connectivity index (χ1) is 11.5. The van der Waals surface area contributed by atoms with E-state index >= 15 is 0 Å². The Balaban J connectivity index is 1.66. The lowest BCUT2D eigenvalue weighted by Crippen LogP contribution is -2.25. The average molecular weight is 343 g/mol. The number of fused-ring (bicyclic) bond motifs is 1. The van der Waals surface area contributed by atoms with Crippen LogP contribution in [-0.2, 0) is 16.6 Å². The molecule has 0 aliphatic carbocycles. The molecule has 0 amide bonds. The number of nitrogens with zero attached hydrogens (tertiary/aromatic N) is 4. The number of benzene rings is 1. The number of hydrogen-bond acceptors (Lipinski definition) is 5. The van der Waals surface area contributed by atoms with E-state index in [1.165, 1.54) is 0 Å². The normalized spacial score (nSPS) is 17.5. The summed E-state index contributed by atoms with van der Waals surface area (Å²) in [7, 11) is -3.10. The van der Waals surface area contributed by atoms with E-state index in [2.05, 4.69) is 9.97 Å². The third-order valence-corrected chi connectivity index (χ3v) is 6.05. The SMILES string of the molecule is Nc1cn2cc(-c3cccc(CN4CCCS4(=O)=O)c3)ncc2n1. The summed E-state index contributed by atoms with van der Waals surface area (Å²) in [5.41, 5.74) is 9.05. The lowest BCUT2D eigenvalue weighted by atomic mass is 10.1. The van der Waals surface area contributed by atoms with Crippen LogP contribution >= 0.6 is 0 Å². The summed E-state index contributed by atoms with van der Waals surface area (Å²) >= 11 is 0. The van der Waals surface area contributed by atoms with Gasteiger partial charge in [-0.15, -0.1) is 0 Å². The summed E-state index contributed by atoms with van der Waals surface area (Å²) in [5, 5.41) is 0. The molecule has 1 aliphatic heterocycles. The maximum Gasteiger partial charge on any atom is 0.214 e. The standard InChI is InChI=1S/C16H17N5O2S/c17-15-11-20-10-14(18-8-16(20)19-15)13-4-1-3-12(7-13)9-21-5-2-6-24(21,22)23/h1,3-4,7-8,10-11H,2,5-6,9,17H2. The minimum atomic E-state index is -3.10. The van der Waals surface area contributed by atoms with E-state index in [9.17, 15) is 8.42 Å². The number of rotatable bonds is 3. The molecule has 7 nitrogen and oxygen atoms in total. The maximum absolute atomic E-state index is 12.0. The minimum absolute atomic E-state index is 0.243. The molecule has 1 fully saturated rings. The largest absolute Gasteiger partial charge is 0.382 e. The molecule has 0 saturated carbocycles. The second-order valence-electron chi connectivity index (χ2n) is 5.91. The molecule has 0 bridgehead atoms. The molecule has 2 N–H and O–H groups in total. The number of imidazole rings is 1. The van der Waals surface area contributed by atoms with Crippen molar-refractivity contribution in [2.24, 2.45) is 0 Å². The smallest absolute Gasteiger partial charge is 0.214 e. The monoisotopic (exact) mass is 343 g/mol. The fourth-order valence-electron chi connectivity index (χ4n) is 2.97. The molecule has 3 heterocycles. The highest BCUT2D eigenvalue weighted by Crippen LogP contribution is 2.22. The number of sulfonamides is 1. The molecule has 0 radical (unpaired) electrons. The van der Waals surface area contributed by atoms with Crippen LogP contribution in [0.1, 0.15) is 12.0 Å². The zero-order chi connectivity index (χ0) is 16.7. The molecule has 8 heteroatoms. The Morgan fingerprint density at radius 2 is 2.12 bits per heavy atom. The van der Waals surface area contributed by atoms with Crippen LogP contribution in [0, 0.1) is 0 Å². The Bertz CT molecular complexity index is 1010. The molecule has 0 spiro atoms. The first-order valence-electron chi connectivity index (χ1n) is 7.69. The quantitative estimate of drug-likeness (QED) is 0.778. The Morgan fingerprint density at radius 1 is 1.25 bits per heavy atom. The molecule has 1 aromatic carbocycles. The van der Waals surface area contributed by atoms with E-state index in [0.717, 1.165) is 16.8 Å². The molecule has 0 unspecified atom stereocenters. The van der Waals surface area contributed by atoms with Crippen molar-refractivity contribution in [2.75, 3.05) is 18.0 Å². The third-order valence-electron chi connectivity index (χ3n) is 4.14. The maximum atomic E-state index is 12.0. The fourth-order valence-corrected chi connectivity index (χ4v) is 4.47. The highest BCUT2D eigenvalue weighted by Gasteiger charge is 2.27. The van der Waals surface area contributed by atoms with Gasteiger partial charge >= 0.3 is 0 Å². The number of hydrogen-bond donors (Lipinski definition) is 1. The van der Waals surface area contributed by atoms with Gasteiger partial charge in [0.05, 0.1) is 23.8 Å². The highest BCUT2D eigenvalue weighted by atomic mass is 32.2. The van der Waals surface area contributed by atoms with Gasteiger partial charge in [0.25, 0.3) is 0 Å². The van der Waals surface area contributed by atoms with Gasteiger partial charge in [-0.05, 0) is 18.1 Å². The van der Waals surface area contributed by atoms with Crippen molar-refractivity contribution in [1.82, 2.24) is 18.7 Å². The molecule has 1 aliphatic rings. The van der Waals surface area contributed by atoms with Gasteiger partial charge in [-0.2, -0.15) is 4.31 Å². The van der Waals surface area contributed by atoms with Crippen LogP contribution in [0.5, 0.6) is 0 Å². The second-order valence-corrected chi connectivity index (χ2v) is 8.00. The minimum Gasteiger partial charge on any atom is -0.382 e. The zero-order valence-corrected chi connectivity index (χ0v) is 13.8. The van der Waals surface area contributed by atoms with Gasteiger partial charge in [0.15, 0.2) is 5.65 Å². The van der Waals surface area contributed by atoms with Gasteiger partial charge in [-0.25, -0.2) is 13.4 Å². The van der Waals surface area contributed by atoms with Crippen LogP contribution in [0.3, 0.4) is 0 Å². The molecule has 24 heavy (non-hydrogen) atoms. The predicted molar refractivity (Wildman–Crippen MR) is 91.6 cm³/mol. The van der Waals surface area contributed by atoms with Crippen molar-refractivity contribution in [3.63, 3.8) is 0 Å². The van der Waals surface area contributed by atoms with Gasteiger partial charge < -0.3 is 10.1 Å². The van der Waals surface area contributed by atoms with Crippen LogP contribution in [-0.4, -0.2) is 39.4 Å². The van der Waals surface area contributed by atoms with E-state index in [1.54, 1.807) is 16.7 Å². The van der Waals surface area contributed by atoms with E-state index in [0.29, 0.717) is 31.0 Å². The summed E-state index contributed by atoms with van der Waals surface area (Å²) in [4.78, 5) is 8.58. The van der Waals surface area contributed by atoms with Crippen LogP contribution in [0.4, 0.5) is 5.82 Å². The zero-order valence-electron chi connectivity index (χ0n) is 13.0. The molecule has 1 saturated heterocycles. The van der Waals surface area contributed by atoms with Crippen molar-refractivity contribution in [2.45, 2.75) is 13.0 Å². The lowest BCUT2D eigenvalue weighted by molar-refractivity contribution is 0.440. The highest BCUT2D eigenvalue weighted by molar-refractivity contribution is 7.89. The fraction of sp³-hybridized carbons (Fsp3) is 0.250. The van der Waals surface area contributed by atoms with Crippen LogP contribution in [0.2, 0.25) is 0 Å². The first-order valence-corrected chi connectivity index (χ1v) is 9.29. The molecule has 2 aromatic heterocycles. The van der Waals surface area contributed by atoms with Crippen molar-refractivity contribution >= 4 is 21.5 Å². The van der Waals surface area contributed by atoms with Crippen LogP contribution in [0.25, 0.3) is 16.9 Å². The molecule has 0 atom stereocenters. The van der Waals surface area contributed by atoms with Gasteiger partial charge in [0.2, 0.25) is 10.0 Å². The second kappa shape index (κ2) is 5.57. The van der Waals surface area contributed by atoms with Crippen LogP contribution in [0.15, 0.2) is 42.9 Å². The van der Waals surface area contributed by atoms with Crippen molar-refractivity contribution in [3.05, 3.63) is 48.4 Å². The summed E-state index contributed by atoms with van der Waals surface area (Å²) in [6, 6.07) is 7.78. The summed E-state index contributed by atoms with van der Waals surface area (Å²) in [6.07, 6.45) is 5.97. The molecule has 124 valence electrons. The van der Waals surface area contributed by atoms with Crippen molar-refractivity contribution in [1.29, 1.82) is 0 Å². The van der Waals surface area contributed by atoms with Crippen LogP contribution < -0.4 is 5.73 Å². The lowest BCUT2D eigenvalue weighted by Gasteiger charge is -2.14. The number of aromatic nitrogens is 3. The Labute approximate surface area is 139 Å². The third kappa shape index (κ3) is 2.74. The average Bonchev–Trinajstić information content (AvgIpc) is 3.08. The Kier molecular flexibility index (Phi) is 3.50. The van der Waals surface area contributed by atoms with E-state index in [-0.39, 0.29) is 5.75 Å². The van der Waals surface area contributed by atoms with E-state index in [1.807, 2.05) is 34.9 Å². The summed E-state index contributed by atoms with van der Waals surface area (Å²) < 4.78 is 27.3. The van der Waals surface area contributed by atoms with Gasteiger partial charge in [0, 0.05) is 24.8 Å². The number of nitrogen functional groups attached to an aromatic ring is 1. The Morgan fingerprint density at radius 3 is 2.92 bits per heavy atom. The summed E-state index contributed by atoms with van der Waals surface area (Å²) in [5.74, 6) is 0.689. The van der Waals surface area contributed by atoms with Crippen molar-refractivity contribution in [3.8, 4) is 11.3 Å². The number of nitrogens with two attached hydrogens (primary N) is 1. The van der Waals surface area contributed by atoms with E-state index in [4.69, 9.17) is 5.73 Å². The van der Waals surface area contributed by atoms with Crippen molar-refractivity contribution < 1.29 is 8.42 Å². The summed E-state index contributed by atoms with van der Waals surface area (Å²) in [6.45, 7) is 0.988. The predicted octanol–water partition coefficient (Wildman–Crippen LogP) is 1.51. The topological polar surface area (TPSA) is 93.6 Å². The van der Waals surface area contributed by atoms with Gasteiger partial charge in [-0.1, -0.05) is 18.2 Å². The van der Waals surface area contributed by atoms with Gasteiger partial charge in [-0.3, -0.25) is 4.98 Å². The first kappa shape index (κ1) is 15.1. The molecular weight excluding hydrogens is 326 g/mol. The van der Waals surface area contributed by atoms with E-state index < -0.39 is 10.0 Å². The molecule has 3 aromatic rings. The number of anilines is 1.